The van der Waals surface area contributed by atoms with Crippen LogP contribution in [-0.2, 0) is 9.59 Å². The van der Waals surface area contributed by atoms with Crippen molar-refractivity contribution in [1.82, 2.24) is 4.90 Å². The Morgan fingerprint density at radius 1 is 0.970 bits per heavy atom. The van der Waals surface area contributed by atoms with Gasteiger partial charge in [-0.25, -0.2) is 0 Å². The molecular weight excluding hydrogens is 426 g/mol. The molecular formula is C25H25NO7. The van der Waals surface area contributed by atoms with Crippen LogP contribution in [0.25, 0.3) is 5.76 Å². The number of carbonyl (C=O) groups excluding carboxylic acids is 2. The number of methoxy groups -OCH3 is 2. The smallest absolute Gasteiger partial charge is 0.295 e. The molecule has 3 aliphatic rings. The molecule has 8 nitrogen and oxygen atoms in total. The lowest BCUT2D eigenvalue weighted by atomic mass is 9.94. The molecule has 2 aliphatic heterocycles. The first-order chi connectivity index (χ1) is 16.0. The van der Waals surface area contributed by atoms with Gasteiger partial charge >= 0.3 is 0 Å². The van der Waals surface area contributed by atoms with Crippen LogP contribution < -0.4 is 18.9 Å². The van der Waals surface area contributed by atoms with Crippen molar-refractivity contribution in [3.63, 3.8) is 0 Å². The van der Waals surface area contributed by atoms with Gasteiger partial charge in [-0.05, 0) is 48.7 Å². The average Bonchev–Trinajstić information content (AvgIpc) is 3.58. The summed E-state index contributed by atoms with van der Waals surface area (Å²) >= 11 is 0. The first kappa shape index (κ1) is 21.2. The van der Waals surface area contributed by atoms with E-state index in [1.807, 2.05) is 0 Å². The number of aliphatic hydroxyl groups is 1. The maximum absolute atomic E-state index is 13.3. The molecule has 1 N–H and O–H groups in total. The number of likely N-dealkylation sites (tertiary alicyclic amines) is 1. The van der Waals surface area contributed by atoms with Crippen LogP contribution in [-0.4, -0.2) is 48.8 Å². The second-order valence-electron chi connectivity index (χ2n) is 8.33. The predicted molar refractivity (Wildman–Crippen MR) is 119 cm³/mol. The van der Waals surface area contributed by atoms with Crippen LogP contribution in [0.1, 0.15) is 42.9 Å². The summed E-state index contributed by atoms with van der Waals surface area (Å²) < 4.78 is 21.6. The van der Waals surface area contributed by atoms with Crippen LogP contribution in [0, 0.1) is 0 Å². The first-order valence-electron chi connectivity index (χ1n) is 11.0. The Labute approximate surface area is 191 Å². The molecule has 1 aliphatic carbocycles. The Balaban J connectivity index is 1.67. The number of hydrogen-bond donors (Lipinski definition) is 1. The van der Waals surface area contributed by atoms with Crippen molar-refractivity contribution in [2.75, 3.05) is 21.0 Å². The fourth-order valence-electron chi connectivity index (χ4n) is 4.96. The molecule has 2 fully saturated rings. The van der Waals surface area contributed by atoms with Gasteiger partial charge in [0.05, 0.1) is 25.8 Å². The highest BCUT2D eigenvalue weighted by Gasteiger charge is 2.49. The Bertz CT molecular complexity index is 1150. The van der Waals surface area contributed by atoms with Crippen molar-refractivity contribution >= 4 is 17.4 Å². The van der Waals surface area contributed by atoms with E-state index >= 15 is 0 Å². The highest BCUT2D eigenvalue weighted by molar-refractivity contribution is 6.46. The van der Waals surface area contributed by atoms with Gasteiger partial charge in [0.2, 0.25) is 6.79 Å². The number of carbonyl (C=O) groups is 2. The summed E-state index contributed by atoms with van der Waals surface area (Å²) in [5.74, 6) is 0.527. The monoisotopic (exact) mass is 451 g/mol. The predicted octanol–water partition coefficient (Wildman–Crippen LogP) is 3.80. The van der Waals surface area contributed by atoms with Gasteiger partial charge < -0.3 is 29.0 Å². The number of ketones is 1. The Morgan fingerprint density at radius 3 is 2.42 bits per heavy atom. The Hall–Kier alpha value is -3.68. The van der Waals surface area contributed by atoms with Gasteiger partial charge in [0, 0.05) is 11.6 Å². The zero-order valence-electron chi connectivity index (χ0n) is 18.5. The van der Waals surface area contributed by atoms with Crippen molar-refractivity contribution in [2.24, 2.45) is 0 Å². The molecule has 172 valence electrons. The quantitative estimate of drug-likeness (QED) is 0.420. The van der Waals surface area contributed by atoms with Crippen molar-refractivity contribution in [1.29, 1.82) is 0 Å². The zero-order valence-corrected chi connectivity index (χ0v) is 18.5. The van der Waals surface area contributed by atoms with Crippen molar-refractivity contribution < 1.29 is 33.6 Å². The van der Waals surface area contributed by atoms with E-state index in [0.717, 1.165) is 25.7 Å². The van der Waals surface area contributed by atoms with E-state index < -0.39 is 17.7 Å². The lowest BCUT2D eigenvalue weighted by molar-refractivity contribution is -0.141. The van der Waals surface area contributed by atoms with Gasteiger partial charge in [-0.15, -0.1) is 0 Å². The van der Waals surface area contributed by atoms with Crippen LogP contribution in [0.3, 0.4) is 0 Å². The van der Waals surface area contributed by atoms with E-state index in [4.69, 9.17) is 18.9 Å². The minimum atomic E-state index is -0.738. The number of rotatable bonds is 5. The fraction of sp³-hybridized carbons (Fsp3) is 0.360. The number of amides is 1. The molecule has 33 heavy (non-hydrogen) atoms. The molecule has 0 spiro atoms. The first-order valence-corrected chi connectivity index (χ1v) is 11.0. The minimum absolute atomic E-state index is 0.0537. The molecule has 8 heteroatoms. The van der Waals surface area contributed by atoms with E-state index in [9.17, 15) is 14.7 Å². The number of aliphatic hydroxyl groups excluding tert-OH is 1. The lowest BCUT2D eigenvalue weighted by Gasteiger charge is -2.31. The summed E-state index contributed by atoms with van der Waals surface area (Å²) in [5.41, 5.74) is 1.10. The van der Waals surface area contributed by atoms with Crippen LogP contribution in [0.5, 0.6) is 23.0 Å². The Kier molecular flexibility index (Phi) is 5.36. The van der Waals surface area contributed by atoms with Crippen molar-refractivity contribution in [2.45, 2.75) is 37.8 Å². The van der Waals surface area contributed by atoms with Gasteiger partial charge in [0.1, 0.15) is 5.76 Å². The van der Waals surface area contributed by atoms with Gasteiger partial charge in [0.25, 0.3) is 11.7 Å². The molecule has 0 bridgehead atoms. The van der Waals surface area contributed by atoms with E-state index in [0.29, 0.717) is 34.1 Å². The van der Waals surface area contributed by atoms with Crippen LogP contribution in [0.15, 0.2) is 42.0 Å². The lowest BCUT2D eigenvalue weighted by Crippen LogP contribution is -2.37. The standard InChI is InChI=1S/C25H25NO7/c1-30-17-9-7-14(11-19(17)31-2)22-21(24(28)25(29)26(22)16-5-3-4-6-16)23(27)15-8-10-18-20(12-15)33-13-32-18/h7-12,16,22,27H,3-6,13H2,1-2H3/b23-21+. The van der Waals surface area contributed by atoms with E-state index in [-0.39, 0.29) is 24.2 Å². The van der Waals surface area contributed by atoms with E-state index in [1.54, 1.807) is 48.4 Å². The van der Waals surface area contributed by atoms with Crippen molar-refractivity contribution in [3.05, 3.63) is 53.1 Å². The van der Waals surface area contributed by atoms with Crippen LogP contribution in [0.4, 0.5) is 0 Å². The molecule has 1 amide bonds. The highest BCUT2D eigenvalue weighted by atomic mass is 16.7. The summed E-state index contributed by atoms with van der Waals surface area (Å²) in [6.07, 6.45) is 3.63. The van der Waals surface area contributed by atoms with Gasteiger partial charge in [-0.2, -0.15) is 0 Å². The third kappa shape index (κ3) is 3.46. The second kappa shape index (κ2) is 8.35. The molecule has 1 saturated carbocycles. The summed E-state index contributed by atoms with van der Waals surface area (Å²) in [4.78, 5) is 28.1. The molecule has 0 radical (unpaired) electrons. The molecule has 2 aromatic carbocycles. The normalized spacial score (nSPS) is 21.6. The van der Waals surface area contributed by atoms with Gasteiger partial charge in [0.15, 0.2) is 23.0 Å². The maximum atomic E-state index is 13.3. The highest BCUT2D eigenvalue weighted by Crippen LogP contribution is 2.45. The second-order valence-corrected chi connectivity index (χ2v) is 8.33. The molecule has 5 rings (SSSR count). The molecule has 1 unspecified atom stereocenters. The molecule has 0 aromatic heterocycles. The third-order valence-electron chi connectivity index (χ3n) is 6.57. The SMILES string of the molecule is COc1ccc(C2/C(=C(\O)c3ccc4c(c3)OCO4)C(=O)C(=O)N2C2CCCC2)cc1OC. The van der Waals surface area contributed by atoms with Gasteiger partial charge in [-0.3, -0.25) is 9.59 Å². The van der Waals surface area contributed by atoms with E-state index in [1.165, 1.54) is 7.11 Å². The minimum Gasteiger partial charge on any atom is -0.507 e. The summed E-state index contributed by atoms with van der Waals surface area (Å²) in [5, 5.41) is 11.3. The summed E-state index contributed by atoms with van der Waals surface area (Å²) in [6, 6.07) is 9.43. The average molecular weight is 451 g/mol. The Morgan fingerprint density at radius 2 is 1.70 bits per heavy atom. The topological polar surface area (TPSA) is 94.5 Å². The molecule has 1 atom stereocenters. The molecule has 1 saturated heterocycles. The summed E-state index contributed by atoms with van der Waals surface area (Å²) in [7, 11) is 3.07. The third-order valence-corrected chi connectivity index (χ3v) is 6.57. The molecule has 2 aromatic rings. The number of benzene rings is 2. The maximum Gasteiger partial charge on any atom is 0.295 e. The zero-order chi connectivity index (χ0) is 23.1. The summed E-state index contributed by atoms with van der Waals surface area (Å²) in [6.45, 7) is 0.0945. The van der Waals surface area contributed by atoms with Crippen LogP contribution >= 0.6 is 0 Å². The van der Waals surface area contributed by atoms with Gasteiger partial charge in [-0.1, -0.05) is 18.9 Å². The van der Waals surface area contributed by atoms with Crippen LogP contribution in [0.2, 0.25) is 0 Å². The number of nitrogens with zero attached hydrogens (tertiary/aromatic N) is 1. The fourth-order valence-corrected chi connectivity index (χ4v) is 4.96. The largest absolute Gasteiger partial charge is 0.507 e. The number of Topliss-reactive ketones (excluding diaryl/α,β-unsaturated/α-hetero) is 1. The van der Waals surface area contributed by atoms with E-state index in [2.05, 4.69) is 0 Å². The number of ether oxygens (including phenoxy) is 4. The number of fused-ring (bicyclic) bond motifs is 1. The van der Waals surface area contributed by atoms with Crippen molar-refractivity contribution in [3.8, 4) is 23.0 Å². The molecule has 2 heterocycles. The number of hydrogen-bond acceptors (Lipinski definition) is 7.